The highest BCUT2D eigenvalue weighted by atomic mass is 16.7. The Morgan fingerprint density at radius 2 is 1.28 bits per heavy atom. The molecule has 0 aliphatic carbocycles. The topological polar surface area (TPSA) is 332 Å². The van der Waals surface area contributed by atoms with Crippen LogP contribution in [0.3, 0.4) is 0 Å². The van der Waals surface area contributed by atoms with Crippen LogP contribution >= 0.6 is 0 Å². The van der Waals surface area contributed by atoms with E-state index in [1.54, 1.807) is 81.5 Å². The summed E-state index contributed by atoms with van der Waals surface area (Å²) in [5, 5.41) is 123. The largest absolute Gasteiger partial charge is 0.481 e. The fourth-order valence-corrected chi connectivity index (χ4v) is 8.53. The first kappa shape index (κ1) is 59.8. The normalized spacial score (nSPS) is 43.6. The second kappa shape index (κ2) is 30.4. The minimum absolute atomic E-state index is 0.141. The molecule has 69 heavy (non-hydrogen) atoms. The van der Waals surface area contributed by atoms with E-state index in [0.717, 1.165) is 0 Å². The number of aliphatic carboxylic acids is 1. The van der Waals surface area contributed by atoms with Crippen molar-refractivity contribution in [2.24, 2.45) is 23.5 Å². The summed E-state index contributed by atoms with van der Waals surface area (Å²) < 4.78 is 23.6. The number of nitrogens with two attached hydrogens (primary N) is 1. The highest BCUT2D eigenvalue weighted by molar-refractivity contribution is 5.71. The van der Waals surface area contributed by atoms with Gasteiger partial charge in [0.25, 0.3) is 0 Å². The highest BCUT2D eigenvalue weighted by Gasteiger charge is 2.51. The summed E-state index contributed by atoms with van der Waals surface area (Å²) in [4.78, 5) is 25.2. The summed E-state index contributed by atoms with van der Waals surface area (Å²) in [5.41, 5.74) is 5.64. The SMILES string of the molecule is C[C@@H]1[C@H](O)[C@@H](C)/C=C/C=C/C=C/C=C/C=C/C=C/C=C/[C@H](OC2O[C@H](C)[C@@H](O)[C@H](NCCCN)[C@@H]2O)C[C@@H]2O[C@](O)(C[C@@H](O)[C@H](O)CCC(O)CC(O)CC(O)CC(=O)O[C@H]1C)C[C@H](O)[C@H]2C(=O)O. The molecule has 0 amide bonds. The summed E-state index contributed by atoms with van der Waals surface area (Å²) in [5.74, 6) is -6.88. The molecule has 0 radical (unpaired) electrons. The zero-order valence-corrected chi connectivity index (χ0v) is 40.2. The van der Waals surface area contributed by atoms with Crippen LogP contribution in [0.1, 0.15) is 85.5 Å². The Labute approximate surface area is 405 Å². The number of fused-ring (bicyclic) bond motifs is 2. The van der Waals surface area contributed by atoms with E-state index < -0.39 is 141 Å². The molecule has 3 aliphatic heterocycles. The van der Waals surface area contributed by atoms with Crippen LogP contribution in [0.25, 0.3) is 0 Å². The van der Waals surface area contributed by atoms with E-state index in [1.165, 1.54) is 0 Å². The van der Waals surface area contributed by atoms with E-state index in [0.29, 0.717) is 19.5 Å². The van der Waals surface area contributed by atoms with Gasteiger partial charge >= 0.3 is 11.9 Å². The lowest BCUT2D eigenvalue weighted by atomic mass is 9.82. The second-order valence-corrected chi connectivity index (χ2v) is 18.6. The van der Waals surface area contributed by atoms with E-state index >= 15 is 0 Å². The van der Waals surface area contributed by atoms with E-state index in [2.05, 4.69) is 5.32 Å². The molecule has 3 heterocycles. The molecule has 19 heteroatoms. The first-order valence-electron chi connectivity index (χ1n) is 24.0. The van der Waals surface area contributed by atoms with Crippen molar-refractivity contribution in [2.75, 3.05) is 13.1 Å². The van der Waals surface area contributed by atoms with E-state index in [-0.39, 0.29) is 38.0 Å². The minimum atomic E-state index is -2.36. The number of aliphatic hydroxyl groups excluding tert-OH is 9. The van der Waals surface area contributed by atoms with Crippen molar-refractivity contribution in [2.45, 2.75) is 183 Å². The predicted molar refractivity (Wildman–Crippen MR) is 254 cm³/mol. The first-order chi connectivity index (χ1) is 32.7. The number of cyclic esters (lactones) is 1. The monoisotopic (exact) mass is 981 g/mol. The number of allylic oxidation sites excluding steroid dienone is 12. The van der Waals surface area contributed by atoms with Crippen molar-refractivity contribution < 1.29 is 84.7 Å². The maximum absolute atomic E-state index is 12.6. The van der Waals surface area contributed by atoms with Crippen LogP contribution in [0.15, 0.2) is 85.1 Å². The number of rotatable bonds is 7. The lowest BCUT2D eigenvalue weighted by Crippen LogP contribution is -2.63. The molecule has 19 atom stereocenters. The number of hydrogen-bond acceptors (Lipinski definition) is 18. The standard InChI is InChI=1S/C50H80N2O17/c1-30-18-15-13-11-9-7-5-6-8-10-12-14-16-19-37(68-49-47(62)44(52-23-17-22-51)46(61)33(4)67-49)27-41-43(48(63)64)40(58)29-50(65,69-41)28-39(57)38(56)21-20-34(53)24-35(54)25-36(55)26-42(59)66-32(3)31(2)45(30)60/h5-16,18-19,30-41,43-47,49,52-58,60-62,65H,17,20-29,51H2,1-4H3,(H,63,64)/b6-5+,9-7+,10-8+,13-11+,14-12+,18-15+,19-16+/t30-,31-,32-,33+,34?,35?,36?,37-,38+,39+,40-,41-,43+,44-,45+,46+,47-,49?,50+/m0/s1. The lowest BCUT2D eigenvalue weighted by Gasteiger charge is -2.45. The molecule has 4 unspecified atom stereocenters. The number of hydrogen-bond donors (Lipinski definition) is 13. The van der Waals surface area contributed by atoms with Gasteiger partial charge in [0.1, 0.15) is 18.1 Å². The Kier molecular flexibility index (Phi) is 26.4. The summed E-state index contributed by atoms with van der Waals surface area (Å²) in [6.07, 6.45) is 4.46. The van der Waals surface area contributed by atoms with Gasteiger partial charge in [-0.3, -0.25) is 9.59 Å². The maximum Gasteiger partial charge on any atom is 0.311 e. The Morgan fingerprint density at radius 3 is 1.87 bits per heavy atom. The van der Waals surface area contributed by atoms with Crippen LogP contribution < -0.4 is 11.1 Å². The smallest absolute Gasteiger partial charge is 0.311 e. The summed E-state index contributed by atoms with van der Waals surface area (Å²) >= 11 is 0. The average Bonchev–Trinajstić information content (AvgIpc) is 3.26. The molecule has 0 aromatic heterocycles. The van der Waals surface area contributed by atoms with Crippen LogP contribution in [-0.2, 0) is 28.5 Å². The molecular formula is C50H80N2O17. The van der Waals surface area contributed by atoms with Gasteiger partial charge in [-0.25, -0.2) is 0 Å². The van der Waals surface area contributed by atoms with Gasteiger partial charge in [0.15, 0.2) is 12.1 Å². The third-order valence-electron chi connectivity index (χ3n) is 12.7. The molecule has 2 fully saturated rings. The van der Waals surface area contributed by atoms with Gasteiger partial charge in [0.2, 0.25) is 0 Å². The molecule has 3 aliphatic rings. The average molecular weight is 981 g/mol. The molecule has 0 spiro atoms. The Hall–Kier alpha value is -3.48. The van der Waals surface area contributed by atoms with Gasteiger partial charge in [-0.2, -0.15) is 0 Å². The minimum Gasteiger partial charge on any atom is -0.481 e. The molecule has 0 aromatic carbocycles. The number of ether oxygens (including phenoxy) is 4. The highest BCUT2D eigenvalue weighted by Crippen LogP contribution is 2.38. The third kappa shape index (κ3) is 20.6. The number of nitrogens with one attached hydrogen (secondary N) is 1. The Balaban J connectivity index is 1.89. The van der Waals surface area contributed by atoms with Gasteiger partial charge in [0.05, 0.1) is 79.6 Å². The van der Waals surface area contributed by atoms with Gasteiger partial charge in [-0.15, -0.1) is 0 Å². The number of carboxylic acid groups (broad SMARTS) is 1. The molecule has 2 bridgehead atoms. The molecule has 0 saturated carbocycles. The number of carbonyl (C=O) groups is 2. The van der Waals surface area contributed by atoms with Crippen molar-refractivity contribution in [3.05, 3.63) is 85.1 Å². The third-order valence-corrected chi connectivity index (χ3v) is 12.7. The van der Waals surface area contributed by atoms with Crippen molar-refractivity contribution in [3.8, 4) is 0 Å². The van der Waals surface area contributed by atoms with Crippen LogP contribution in [0, 0.1) is 17.8 Å². The summed E-state index contributed by atoms with van der Waals surface area (Å²) in [6, 6.07) is -0.884. The zero-order chi connectivity index (χ0) is 51.3. The molecule has 0 aromatic rings. The molecule has 14 N–H and O–H groups in total. The molecular weight excluding hydrogens is 901 g/mol. The summed E-state index contributed by atoms with van der Waals surface area (Å²) in [6.45, 7) is 7.56. The lowest BCUT2D eigenvalue weighted by molar-refractivity contribution is -0.310. The maximum atomic E-state index is 12.6. The van der Waals surface area contributed by atoms with Crippen LogP contribution in [0.2, 0.25) is 0 Å². The van der Waals surface area contributed by atoms with Crippen molar-refractivity contribution >= 4 is 11.9 Å². The van der Waals surface area contributed by atoms with E-state index in [9.17, 15) is 65.8 Å². The van der Waals surface area contributed by atoms with Crippen LogP contribution in [0.4, 0.5) is 0 Å². The van der Waals surface area contributed by atoms with Crippen molar-refractivity contribution in [1.29, 1.82) is 0 Å². The first-order valence-corrected chi connectivity index (χ1v) is 24.0. The predicted octanol–water partition coefficient (Wildman–Crippen LogP) is 0.691. The molecule has 19 nitrogen and oxygen atoms in total. The Morgan fingerprint density at radius 1 is 0.710 bits per heavy atom. The fourth-order valence-electron chi connectivity index (χ4n) is 8.53. The van der Waals surface area contributed by atoms with Crippen molar-refractivity contribution in [3.63, 3.8) is 0 Å². The quantitative estimate of drug-likeness (QED) is 0.123. The van der Waals surface area contributed by atoms with Gasteiger partial charge in [-0.1, -0.05) is 98.9 Å². The van der Waals surface area contributed by atoms with Gasteiger partial charge in [0, 0.05) is 31.1 Å². The second-order valence-electron chi connectivity index (χ2n) is 18.6. The zero-order valence-electron chi connectivity index (χ0n) is 40.2. The van der Waals surface area contributed by atoms with E-state index in [1.807, 2.05) is 31.2 Å². The number of carboxylic acids is 1. The molecule has 3 rings (SSSR count). The van der Waals surface area contributed by atoms with Crippen molar-refractivity contribution in [1.82, 2.24) is 5.32 Å². The van der Waals surface area contributed by atoms with Crippen LogP contribution in [-0.4, -0.2) is 179 Å². The summed E-state index contributed by atoms with van der Waals surface area (Å²) in [7, 11) is 0. The molecule has 392 valence electrons. The van der Waals surface area contributed by atoms with Crippen LogP contribution in [0.5, 0.6) is 0 Å². The van der Waals surface area contributed by atoms with Gasteiger partial charge < -0.3 is 86.2 Å². The number of esters is 1. The molecule has 2 saturated heterocycles. The Bertz CT molecular complexity index is 1740. The number of aliphatic hydroxyl groups is 10. The fraction of sp³-hybridized carbons (Fsp3) is 0.680. The van der Waals surface area contributed by atoms with E-state index in [4.69, 9.17) is 24.7 Å². The van der Waals surface area contributed by atoms with Gasteiger partial charge in [-0.05, 0) is 59.0 Å². The number of carbonyl (C=O) groups excluding carboxylic acids is 1.